The zero-order valence-corrected chi connectivity index (χ0v) is 13.9. The van der Waals surface area contributed by atoms with E-state index in [1.54, 1.807) is 0 Å². The lowest BCUT2D eigenvalue weighted by Crippen LogP contribution is -2.50. The van der Waals surface area contributed by atoms with Gasteiger partial charge in [-0.1, -0.05) is 6.42 Å². The van der Waals surface area contributed by atoms with E-state index in [2.05, 4.69) is 0 Å². The maximum atomic E-state index is 12.9. The minimum Gasteiger partial charge on any atom is -0.497 e. The predicted molar refractivity (Wildman–Crippen MR) is 83.3 cm³/mol. The number of aliphatic carboxylic acids is 2. The average molecular weight is 357 g/mol. The van der Waals surface area contributed by atoms with E-state index in [0.29, 0.717) is 18.6 Å². The third kappa shape index (κ3) is 3.51. The van der Waals surface area contributed by atoms with Gasteiger partial charge >= 0.3 is 11.9 Å². The standard InChI is InChI=1S/C15H19NO7S/c1-23-10-5-7-11(8-6-10)24(21,22)16-9-3-2-4-12(14(17)18)13(16)15(19)20/h5-8,12-13H,2-4,9H2,1H3,(H,17,18)(H,19,20). The Morgan fingerprint density at radius 3 is 2.25 bits per heavy atom. The van der Waals surface area contributed by atoms with E-state index >= 15 is 0 Å². The first-order chi connectivity index (χ1) is 11.3. The normalized spacial score (nSPS) is 22.5. The van der Waals surface area contributed by atoms with Crippen molar-refractivity contribution in [1.29, 1.82) is 0 Å². The summed E-state index contributed by atoms with van der Waals surface area (Å²) in [6.07, 6.45) is 0.985. The number of hydrogen-bond acceptors (Lipinski definition) is 5. The van der Waals surface area contributed by atoms with Crippen LogP contribution in [0.5, 0.6) is 5.75 Å². The fourth-order valence-corrected chi connectivity index (χ4v) is 4.49. The molecule has 0 amide bonds. The van der Waals surface area contributed by atoms with Crippen LogP contribution in [0.1, 0.15) is 19.3 Å². The highest BCUT2D eigenvalue weighted by Crippen LogP contribution is 2.29. The lowest BCUT2D eigenvalue weighted by atomic mass is 9.96. The van der Waals surface area contributed by atoms with E-state index in [4.69, 9.17) is 4.74 Å². The van der Waals surface area contributed by atoms with Crippen LogP contribution < -0.4 is 4.74 Å². The summed E-state index contributed by atoms with van der Waals surface area (Å²) in [5.41, 5.74) is 0. The Balaban J connectivity index is 2.47. The zero-order chi connectivity index (χ0) is 17.9. The van der Waals surface area contributed by atoms with Gasteiger partial charge in [-0.05, 0) is 37.1 Å². The van der Waals surface area contributed by atoms with Crippen LogP contribution in [0.15, 0.2) is 29.2 Å². The topological polar surface area (TPSA) is 121 Å². The zero-order valence-electron chi connectivity index (χ0n) is 13.1. The molecule has 1 aliphatic heterocycles. The van der Waals surface area contributed by atoms with Crippen molar-refractivity contribution in [1.82, 2.24) is 4.31 Å². The Kier molecular flexibility index (Phi) is 5.45. The molecule has 8 nitrogen and oxygen atoms in total. The highest BCUT2D eigenvalue weighted by atomic mass is 32.2. The number of hydrogen-bond donors (Lipinski definition) is 2. The van der Waals surface area contributed by atoms with E-state index < -0.39 is 33.9 Å². The summed E-state index contributed by atoms with van der Waals surface area (Å²) in [4.78, 5) is 22.9. The summed E-state index contributed by atoms with van der Waals surface area (Å²) >= 11 is 0. The second kappa shape index (κ2) is 7.18. The first-order valence-electron chi connectivity index (χ1n) is 7.40. The Hall–Kier alpha value is -2.13. The SMILES string of the molecule is COc1ccc(S(=O)(=O)N2CCCCC(C(=O)O)C2C(=O)O)cc1. The number of rotatable bonds is 5. The molecule has 1 saturated heterocycles. The van der Waals surface area contributed by atoms with Gasteiger partial charge < -0.3 is 14.9 Å². The van der Waals surface area contributed by atoms with Gasteiger partial charge in [-0.25, -0.2) is 8.42 Å². The van der Waals surface area contributed by atoms with E-state index in [0.717, 1.165) is 4.31 Å². The van der Waals surface area contributed by atoms with Crippen molar-refractivity contribution < 1.29 is 33.0 Å². The fraction of sp³-hybridized carbons (Fsp3) is 0.467. The van der Waals surface area contributed by atoms with Crippen molar-refractivity contribution in [2.24, 2.45) is 5.92 Å². The van der Waals surface area contributed by atoms with Crippen LogP contribution in [0.4, 0.5) is 0 Å². The summed E-state index contributed by atoms with van der Waals surface area (Å²) in [7, 11) is -2.70. The van der Waals surface area contributed by atoms with Crippen LogP contribution in [-0.4, -0.2) is 54.6 Å². The molecule has 2 unspecified atom stereocenters. The number of methoxy groups -OCH3 is 1. The van der Waals surface area contributed by atoms with Gasteiger partial charge in [-0.15, -0.1) is 0 Å². The number of carboxylic acids is 2. The van der Waals surface area contributed by atoms with Crippen LogP contribution in [0.25, 0.3) is 0 Å². The summed E-state index contributed by atoms with van der Waals surface area (Å²) in [5, 5.41) is 18.8. The number of benzene rings is 1. The Morgan fingerprint density at radius 2 is 1.75 bits per heavy atom. The molecule has 24 heavy (non-hydrogen) atoms. The second-order valence-corrected chi connectivity index (χ2v) is 7.41. The lowest BCUT2D eigenvalue weighted by Gasteiger charge is -2.29. The van der Waals surface area contributed by atoms with Crippen LogP contribution in [-0.2, 0) is 19.6 Å². The molecule has 2 rings (SSSR count). The molecule has 0 spiro atoms. The minimum atomic E-state index is -4.14. The van der Waals surface area contributed by atoms with Gasteiger partial charge in [0.15, 0.2) is 0 Å². The van der Waals surface area contributed by atoms with Crippen molar-refractivity contribution in [3.63, 3.8) is 0 Å². The molecule has 0 radical (unpaired) electrons. The fourth-order valence-electron chi connectivity index (χ4n) is 2.84. The molecule has 132 valence electrons. The lowest BCUT2D eigenvalue weighted by molar-refractivity contribution is -0.153. The number of carboxylic acid groups (broad SMARTS) is 2. The number of ether oxygens (including phenoxy) is 1. The predicted octanol–water partition coefficient (Wildman–Crippen LogP) is 1.02. The van der Waals surface area contributed by atoms with Gasteiger partial charge in [-0.2, -0.15) is 4.31 Å². The van der Waals surface area contributed by atoms with Crippen molar-refractivity contribution in [3.8, 4) is 5.75 Å². The van der Waals surface area contributed by atoms with Crippen LogP contribution in [0, 0.1) is 5.92 Å². The Bertz CT molecular complexity index is 714. The van der Waals surface area contributed by atoms with Crippen molar-refractivity contribution in [2.75, 3.05) is 13.7 Å². The molecule has 0 aliphatic carbocycles. The maximum absolute atomic E-state index is 12.9. The third-order valence-corrected chi connectivity index (χ3v) is 5.97. The molecule has 0 aromatic heterocycles. The highest BCUT2D eigenvalue weighted by Gasteiger charge is 2.45. The van der Waals surface area contributed by atoms with Crippen molar-refractivity contribution >= 4 is 22.0 Å². The second-order valence-electron chi connectivity index (χ2n) is 5.51. The van der Waals surface area contributed by atoms with Gasteiger partial charge in [0.05, 0.1) is 17.9 Å². The minimum absolute atomic E-state index is 0.0326. The maximum Gasteiger partial charge on any atom is 0.322 e. The number of sulfonamides is 1. The molecule has 0 bridgehead atoms. The van der Waals surface area contributed by atoms with E-state index in [1.165, 1.54) is 31.4 Å². The summed E-state index contributed by atoms with van der Waals surface area (Å²) in [5.74, 6) is -3.58. The van der Waals surface area contributed by atoms with E-state index in [-0.39, 0.29) is 17.9 Å². The molecular formula is C15H19NO7S. The summed E-state index contributed by atoms with van der Waals surface area (Å²) in [6, 6.07) is 3.91. The molecule has 1 aliphatic rings. The molecule has 9 heteroatoms. The largest absolute Gasteiger partial charge is 0.497 e. The molecule has 2 atom stereocenters. The van der Waals surface area contributed by atoms with Gasteiger partial charge in [-0.3, -0.25) is 9.59 Å². The van der Waals surface area contributed by atoms with E-state index in [9.17, 15) is 28.2 Å². The monoisotopic (exact) mass is 357 g/mol. The smallest absolute Gasteiger partial charge is 0.322 e. The molecule has 1 fully saturated rings. The first kappa shape index (κ1) is 18.2. The van der Waals surface area contributed by atoms with Crippen molar-refractivity contribution in [2.45, 2.75) is 30.2 Å². The van der Waals surface area contributed by atoms with E-state index in [1.807, 2.05) is 0 Å². The summed E-state index contributed by atoms with van der Waals surface area (Å²) < 4.78 is 31.5. The van der Waals surface area contributed by atoms with Crippen LogP contribution >= 0.6 is 0 Å². The summed E-state index contributed by atoms with van der Waals surface area (Å²) in [6.45, 7) is -0.0326. The molecule has 1 aromatic carbocycles. The number of carbonyl (C=O) groups is 2. The molecule has 0 saturated carbocycles. The quantitative estimate of drug-likeness (QED) is 0.807. The molecule has 1 aromatic rings. The Morgan fingerprint density at radius 1 is 1.12 bits per heavy atom. The molecule has 2 N–H and O–H groups in total. The molecular weight excluding hydrogens is 338 g/mol. The van der Waals surface area contributed by atoms with Gasteiger partial charge in [0.1, 0.15) is 11.8 Å². The van der Waals surface area contributed by atoms with Gasteiger partial charge in [0.25, 0.3) is 0 Å². The Labute approximate surface area is 139 Å². The van der Waals surface area contributed by atoms with Crippen molar-refractivity contribution in [3.05, 3.63) is 24.3 Å². The van der Waals surface area contributed by atoms with Gasteiger partial charge in [0, 0.05) is 6.54 Å². The number of nitrogens with zero attached hydrogens (tertiary/aromatic N) is 1. The average Bonchev–Trinajstić information content (AvgIpc) is 2.78. The van der Waals surface area contributed by atoms with Crippen LogP contribution in [0.2, 0.25) is 0 Å². The third-order valence-electron chi connectivity index (χ3n) is 4.07. The first-order valence-corrected chi connectivity index (χ1v) is 8.84. The van der Waals surface area contributed by atoms with Crippen LogP contribution in [0.3, 0.4) is 0 Å². The highest BCUT2D eigenvalue weighted by molar-refractivity contribution is 7.89. The van der Waals surface area contributed by atoms with Gasteiger partial charge in [0.2, 0.25) is 10.0 Å². The molecule has 1 heterocycles.